The summed E-state index contributed by atoms with van der Waals surface area (Å²) >= 11 is 1.75. The number of aryl methyl sites for hydroxylation is 2. The van der Waals surface area contributed by atoms with Gasteiger partial charge in [0, 0.05) is 22.7 Å². The summed E-state index contributed by atoms with van der Waals surface area (Å²) in [5, 5.41) is 3.01. The lowest BCUT2D eigenvalue weighted by molar-refractivity contribution is -0.135. The van der Waals surface area contributed by atoms with Crippen LogP contribution in [0.15, 0.2) is 6.07 Å². The van der Waals surface area contributed by atoms with Crippen LogP contribution in [0.3, 0.4) is 0 Å². The Morgan fingerprint density at radius 2 is 2.14 bits per heavy atom. The Kier molecular flexibility index (Phi) is 5.39. The van der Waals surface area contributed by atoms with Gasteiger partial charge in [0.1, 0.15) is 0 Å². The van der Waals surface area contributed by atoms with Gasteiger partial charge in [0.2, 0.25) is 11.8 Å². The highest BCUT2D eigenvalue weighted by atomic mass is 32.1. The minimum atomic E-state index is -0.0685. The molecule has 1 fully saturated rings. The summed E-state index contributed by atoms with van der Waals surface area (Å²) in [7, 11) is 0. The van der Waals surface area contributed by atoms with Crippen LogP contribution in [0, 0.1) is 13.8 Å². The zero-order chi connectivity index (χ0) is 15.4. The highest BCUT2D eigenvalue weighted by Crippen LogP contribution is 2.26. The first-order valence-electron chi connectivity index (χ1n) is 7.61. The Morgan fingerprint density at radius 1 is 1.38 bits per heavy atom. The van der Waals surface area contributed by atoms with Gasteiger partial charge in [-0.2, -0.15) is 0 Å². The second-order valence-electron chi connectivity index (χ2n) is 5.78. The van der Waals surface area contributed by atoms with Crippen molar-refractivity contribution in [2.75, 3.05) is 13.1 Å². The van der Waals surface area contributed by atoms with Gasteiger partial charge in [-0.15, -0.1) is 11.3 Å². The quantitative estimate of drug-likeness (QED) is 0.929. The van der Waals surface area contributed by atoms with Crippen molar-refractivity contribution >= 4 is 23.2 Å². The second kappa shape index (κ2) is 7.07. The van der Waals surface area contributed by atoms with Crippen LogP contribution in [-0.4, -0.2) is 29.8 Å². The molecule has 1 aliphatic heterocycles. The Bertz CT molecular complexity index is 524. The first-order valence-corrected chi connectivity index (χ1v) is 8.43. The van der Waals surface area contributed by atoms with Crippen LogP contribution in [-0.2, 0) is 9.59 Å². The van der Waals surface area contributed by atoms with Gasteiger partial charge in [-0.25, -0.2) is 0 Å². The maximum absolute atomic E-state index is 12.2. The van der Waals surface area contributed by atoms with Crippen molar-refractivity contribution in [3.05, 3.63) is 21.4 Å². The molecule has 2 heterocycles. The summed E-state index contributed by atoms with van der Waals surface area (Å²) < 4.78 is 0. The molecule has 0 spiro atoms. The zero-order valence-corrected chi connectivity index (χ0v) is 13.9. The number of rotatable bonds is 4. The van der Waals surface area contributed by atoms with Gasteiger partial charge >= 0.3 is 0 Å². The Morgan fingerprint density at radius 3 is 2.81 bits per heavy atom. The third kappa shape index (κ3) is 4.30. The highest BCUT2D eigenvalue weighted by molar-refractivity contribution is 7.12. The minimum absolute atomic E-state index is 0.00969. The van der Waals surface area contributed by atoms with Crippen LogP contribution < -0.4 is 5.32 Å². The average Bonchev–Trinajstić information content (AvgIpc) is 2.62. The van der Waals surface area contributed by atoms with Gasteiger partial charge in [-0.1, -0.05) is 6.42 Å². The van der Waals surface area contributed by atoms with Crippen LogP contribution in [0.25, 0.3) is 0 Å². The van der Waals surface area contributed by atoms with Crippen molar-refractivity contribution in [2.24, 2.45) is 0 Å². The summed E-state index contributed by atoms with van der Waals surface area (Å²) in [6, 6.07) is 2.12. The molecule has 1 saturated heterocycles. The fraction of sp³-hybridized carbons (Fsp3) is 0.625. The van der Waals surface area contributed by atoms with Crippen molar-refractivity contribution < 1.29 is 9.59 Å². The van der Waals surface area contributed by atoms with Crippen LogP contribution in [0.1, 0.15) is 54.0 Å². The van der Waals surface area contributed by atoms with E-state index >= 15 is 0 Å². The molecule has 4 nitrogen and oxygen atoms in total. The molecule has 2 rings (SSSR count). The maximum Gasteiger partial charge on any atom is 0.240 e. The van der Waals surface area contributed by atoms with Crippen LogP contribution in [0.4, 0.5) is 0 Å². The molecular weight excluding hydrogens is 284 g/mol. The highest BCUT2D eigenvalue weighted by Gasteiger charge is 2.20. The van der Waals surface area contributed by atoms with E-state index in [2.05, 4.69) is 25.2 Å². The lowest BCUT2D eigenvalue weighted by Crippen LogP contribution is -2.41. The number of hydrogen-bond donors (Lipinski definition) is 1. The third-order valence-corrected chi connectivity index (χ3v) is 4.91. The lowest BCUT2D eigenvalue weighted by Gasteiger charge is -2.21. The average molecular weight is 308 g/mol. The molecule has 5 heteroatoms. The summed E-state index contributed by atoms with van der Waals surface area (Å²) in [6.07, 6.45) is 3.59. The summed E-state index contributed by atoms with van der Waals surface area (Å²) in [6.45, 7) is 7.04. The van der Waals surface area contributed by atoms with E-state index in [4.69, 9.17) is 0 Å². The van der Waals surface area contributed by atoms with Crippen molar-refractivity contribution in [3.8, 4) is 0 Å². The second-order valence-corrected chi connectivity index (χ2v) is 7.24. The first-order chi connectivity index (χ1) is 9.97. The number of nitrogens with one attached hydrogen (secondary N) is 1. The standard InChI is InChI=1S/C16H24N2O2S/c1-11-9-14(13(3)21-11)12(2)17-15(19)10-18-8-6-4-5-7-16(18)20/h9,12H,4-8,10H2,1-3H3,(H,17,19). The number of thiophene rings is 1. The van der Waals surface area contributed by atoms with E-state index < -0.39 is 0 Å². The van der Waals surface area contributed by atoms with Crippen LogP contribution in [0.5, 0.6) is 0 Å². The number of amides is 2. The van der Waals surface area contributed by atoms with Gasteiger partial charge in [-0.3, -0.25) is 9.59 Å². The molecule has 1 N–H and O–H groups in total. The number of hydrogen-bond acceptors (Lipinski definition) is 3. The van der Waals surface area contributed by atoms with E-state index in [1.54, 1.807) is 16.2 Å². The summed E-state index contributed by atoms with van der Waals surface area (Å²) in [5.41, 5.74) is 1.17. The normalized spacial score (nSPS) is 17.5. The van der Waals surface area contributed by atoms with Gasteiger partial charge in [0.15, 0.2) is 0 Å². The number of carbonyl (C=O) groups excluding carboxylic acids is 2. The van der Waals surface area contributed by atoms with Crippen molar-refractivity contribution in [1.82, 2.24) is 10.2 Å². The molecule has 1 aromatic heterocycles. The Balaban J connectivity index is 1.91. The zero-order valence-electron chi connectivity index (χ0n) is 13.1. The van der Waals surface area contributed by atoms with E-state index in [0.29, 0.717) is 13.0 Å². The fourth-order valence-electron chi connectivity index (χ4n) is 2.82. The molecule has 1 aromatic rings. The van der Waals surface area contributed by atoms with Gasteiger partial charge in [-0.05, 0) is 45.2 Å². The predicted octanol–water partition coefficient (Wildman–Crippen LogP) is 2.94. The predicted molar refractivity (Wildman–Crippen MR) is 85.4 cm³/mol. The Hall–Kier alpha value is -1.36. The molecular formula is C16H24N2O2S. The van der Waals surface area contributed by atoms with Crippen molar-refractivity contribution in [3.63, 3.8) is 0 Å². The topological polar surface area (TPSA) is 49.4 Å². The molecule has 21 heavy (non-hydrogen) atoms. The third-order valence-electron chi connectivity index (χ3n) is 3.93. The number of nitrogens with zero attached hydrogens (tertiary/aromatic N) is 1. The number of carbonyl (C=O) groups is 2. The molecule has 1 aliphatic rings. The molecule has 0 bridgehead atoms. The van der Waals surface area contributed by atoms with E-state index in [0.717, 1.165) is 19.3 Å². The van der Waals surface area contributed by atoms with E-state index in [-0.39, 0.29) is 24.4 Å². The maximum atomic E-state index is 12.2. The molecule has 1 unspecified atom stereocenters. The minimum Gasteiger partial charge on any atom is -0.348 e. The first kappa shape index (κ1) is 16.0. The molecule has 2 amide bonds. The van der Waals surface area contributed by atoms with Crippen molar-refractivity contribution in [2.45, 2.75) is 52.5 Å². The molecule has 0 saturated carbocycles. The molecule has 0 aliphatic carbocycles. The van der Waals surface area contributed by atoms with Gasteiger partial charge in [0.25, 0.3) is 0 Å². The van der Waals surface area contributed by atoms with Crippen LogP contribution in [0.2, 0.25) is 0 Å². The summed E-state index contributed by atoms with van der Waals surface area (Å²) in [5.74, 6) is 0.0406. The van der Waals surface area contributed by atoms with E-state index in [9.17, 15) is 9.59 Å². The largest absolute Gasteiger partial charge is 0.348 e. The Labute approximate surface area is 130 Å². The fourth-order valence-corrected chi connectivity index (χ4v) is 3.85. The summed E-state index contributed by atoms with van der Waals surface area (Å²) in [4.78, 5) is 28.3. The van der Waals surface area contributed by atoms with E-state index in [1.165, 1.54) is 15.3 Å². The monoisotopic (exact) mass is 308 g/mol. The van der Waals surface area contributed by atoms with Gasteiger partial charge < -0.3 is 10.2 Å². The molecule has 0 radical (unpaired) electrons. The lowest BCUT2D eigenvalue weighted by atomic mass is 10.1. The molecule has 116 valence electrons. The van der Waals surface area contributed by atoms with E-state index in [1.807, 2.05) is 6.92 Å². The van der Waals surface area contributed by atoms with Gasteiger partial charge in [0.05, 0.1) is 12.6 Å². The molecule has 0 aromatic carbocycles. The number of likely N-dealkylation sites (tertiary alicyclic amines) is 1. The molecule has 1 atom stereocenters. The smallest absolute Gasteiger partial charge is 0.240 e. The van der Waals surface area contributed by atoms with Crippen molar-refractivity contribution in [1.29, 1.82) is 0 Å². The SMILES string of the molecule is Cc1cc(C(C)NC(=O)CN2CCCCCC2=O)c(C)s1. The van der Waals surface area contributed by atoms with Crippen LogP contribution >= 0.6 is 11.3 Å².